The summed E-state index contributed by atoms with van der Waals surface area (Å²) in [6, 6.07) is 10.8. The van der Waals surface area contributed by atoms with Gasteiger partial charge in [0, 0.05) is 27.8 Å². The molecule has 5 nitrogen and oxygen atoms in total. The summed E-state index contributed by atoms with van der Waals surface area (Å²) in [5.74, 6) is -0.371. The van der Waals surface area contributed by atoms with Gasteiger partial charge in [-0.1, -0.05) is 29.8 Å². The molecule has 0 aliphatic heterocycles. The van der Waals surface area contributed by atoms with Crippen LogP contribution in [0.4, 0.5) is 5.13 Å². The van der Waals surface area contributed by atoms with Crippen molar-refractivity contribution >= 4 is 51.2 Å². The fraction of sp³-hybridized carbons (Fsp3) is 0.167. The molecule has 0 fully saturated rings. The standard InChI is InChI=1S/C18H16ClN3O2S2/c1-11(23)20-14(16-3-2-8-25-16)9-17(24)22-18-21-15(10-26-18)12-4-6-13(19)7-5-12/h2-8,10,14H,9H2,1H3,(H,20,23)(H,21,22,24). The number of carbonyl (C=O) groups is 2. The number of thiophene rings is 1. The van der Waals surface area contributed by atoms with Gasteiger partial charge in [0.05, 0.1) is 18.2 Å². The molecule has 2 aromatic heterocycles. The van der Waals surface area contributed by atoms with Crippen molar-refractivity contribution in [2.45, 2.75) is 19.4 Å². The van der Waals surface area contributed by atoms with E-state index in [1.165, 1.54) is 29.6 Å². The van der Waals surface area contributed by atoms with Crippen LogP contribution in [0.1, 0.15) is 24.3 Å². The Morgan fingerprint density at radius 1 is 1.19 bits per heavy atom. The molecule has 134 valence electrons. The minimum atomic E-state index is -0.344. The van der Waals surface area contributed by atoms with Crippen molar-refractivity contribution in [3.8, 4) is 11.3 Å². The maximum Gasteiger partial charge on any atom is 0.228 e. The van der Waals surface area contributed by atoms with E-state index >= 15 is 0 Å². The first-order valence-corrected chi connectivity index (χ1v) is 9.97. The van der Waals surface area contributed by atoms with Crippen LogP contribution in [0.25, 0.3) is 11.3 Å². The predicted molar refractivity (Wildman–Crippen MR) is 107 cm³/mol. The lowest BCUT2D eigenvalue weighted by molar-refractivity contribution is -0.120. The summed E-state index contributed by atoms with van der Waals surface area (Å²) in [5.41, 5.74) is 1.71. The quantitative estimate of drug-likeness (QED) is 0.622. The molecule has 0 aliphatic rings. The van der Waals surface area contributed by atoms with Gasteiger partial charge in [-0.15, -0.1) is 22.7 Å². The van der Waals surface area contributed by atoms with Crippen LogP contribution in [-0.2, 0) is 9.59 Å². The van der Waals surface area contributed by atoms with Crippen LogP contribution in [-0.4, -0.2) is 16.8 Å². The predicted octanol–water partition coefficient (Wildman–Crippen LogP) is 4.73. The van der Waals surface area contributed by atoms with Crippen molar-refractivity contribution in [3.05, 3.63) is 57.1 Å². The van der Waals surface area contributed by atoms with Crippen molar-refractivity contribution in [2.24, 2.45) is 0 Å². The molecule has 8 heteroatoms. The average Bonchev–Trinajstić information content (AvgIpc) is 3.26. The molecule has 0 aliphatic carbocycles. The van der Waals surface area contributed by atoms with E-state index in [9.17, 15) is 9.59 Å². The number of halogens is 1. The van der Waals surface area contributed by atoms with Gasteiger partial charge in [-0.05, 0) is 23.6 Å². The van der Waals surface area contributed by atoms with Gasteiger partial charge >= 0.3 is 0 Å². The lowest BCUT2D eigenvalue weighted by atomic mass is 10.1. The van der Waals surface area contributed by atoms with E-state index in [-0.39, 0.29) is 24.3 Å². The highest BCUT2D eigenvalue weighted by atomic mass is 35.5. The van der Waals surface area contributed by atoms with Crippen molar-refractivity contribution in [1.82, 2.24) is 10.3 Å². The third-order valence-electron chi connectivity index (χ3n) is 3.54. The summed E-state index contributed by atoms with van der Waals surface area (Å²) in [6.45, 7) is 1.44. The molecule has 26 heavy (non-hydrogen) atoms. The summed E-state index contributed by atoms with van der Waals surface area (Å²) in [6.07, 6.45) is 0.149. The van der Waals surface area contributed by atoms with Crippen LogP contribution >= 0.6 is 34.3 Å². The van der Waals surface area contributed by atoms with E-state index in [2.05, 4.69) is 15.6 Å². The summed E-state index contributed by atoms with van der Waals surface area (Å²) in [5, 5.41) is 10.6. The van der Waals surface area contributed by atoms with Crippen molar-refractivity contribution in [1.29, 1.82) is 0 Å². The molecule has 1 atom stereocenters. The van der Waals surface area contributed by atoms with Crippen LogP contribution in [0, 0.1) is 0 Å². The highest BCUT2D eigenvalue weighted by Crippen LogP contribution is 2.27. The Morgan fingerprint density at radius 3 is 2.62 bits per heavy atom. The van der Waals surface area contributed by atoms with Crippen LogP contribution in [0.2, 0.25) is 5.02 Å². The minimum absolute atomic E-state index is 0.149. The lowest BCUT2D eigenvalue weighted by Crippen LogP contribution is -2.29. The second kappa shape index (κ2) is 8.44. The fourth-order valence-corrected chi connectivity index (χ4v) is 4.04. The molecule has 3 rings (SSSR count). The van der Waals surface area contributed by atoms with Crippen LogP contribution in [0.3, 0.4) is 0 Å². The zero-order valence-electron chi connectivity index (χ0n) is 13.9. The number of thiazole rings is 1. The molecule has 2 heterocycles. The third kappa shape index (κ3) is 4.91. The second-order valence-electron chi connectivity index (χ2n) is 5.57. The molecular formula is C18H16ClN3O2S2. The number of hydrogen-bond donors (Lipinski definition) is 2. The molecule has 0 saturated heterocycles. The maximum atomic E-state index is 12.4. The molecule has 0 saturated carbocycles. The number of anilines is 1. The van der Waals surface area contributed by atoms with E-state index in [1.807, 2.05) is 35.0 Å². The Morgan fingerprint density at radius 2 is 1.96 bits per heavy atom. The second-order valence-corrected chi connectivity index (χ2v) is 7.84. The number of benzene rings is 1. The Balaban J connectivity index is 1.65. The fourth-order valence-electron chi connectivity index (χ4n) is 2.40. The normalized spacial score (nSPS) is 11.8. The monoisotopic (exact) mass is 405 g/mol. The Kier molecular flexibility index (Phi) is 6.03. The number of aromatic nitrogens is 1. The molecule has 0 bridgehead atoms. The average molecular weight is 406 g/mol. The van der Waals surface area contributed by atoms with Gasteiger partial charge in [0.25, 0.3) is 0 Å². The first kappa shape index (κ1) is 18.6. The van der Waals surface area contributed by atoms with Gasteiger partial charge in [0.15, 0.2) is 5.13 Å². The number of nitrogens with zero attached hydrogens (tertiary/aromatic N) is 1. The van der Waals surface area contributed by atoms with Gasteiger partial charge in [-0.2, -0.15) is 0 Å². The number of carbonyl (C=O) groups excluding carboxylic acids is 2. The van der Waals surface area contributed by atoms with E-state index in [4.69, 9.17) is 11.6 Å². The van der Waals surface area contributed by atoms with E-state index in [0.717, 1.165) is 16.1 Å². The first-order valence-electron chi connectivity index (χ1n) is 7.83. The van der Waals surface area contributed by atoms with E-state index in [0.29, 0.717) is 10.2 Å². The van der Waals surface area contributed by atoms with Crippen LogP contribution in [0.5, 0.6) is 0 Å². The topological polar surface area (TPSA) is 71.1 Å². The molecule has 0 radical (unpaired) electrons. The van der Waals surface area contributed by atoms with Crippen molar-refractivity contribution < 1.29 is 9.59 Å². The lowest BCUT2D eigenvalue weighted by Gasteiger charge is -2.15. The van der Waals surface area contributed by atoms with Gasteiger partial charge in [-0.3, -0.25) is 9.59 Å². The molecule has 1 unspecified atom stereocenters. The Hall–Kier alpha value is -2.22. The van der Waals surface area contributed by atoms with Crippen LogP contribution in [0.15, 0.2) is 47.2 Å². The first-order chi connectivity index (χ1) is 12.5. The van der Waals surface area contributed by atoms with Gasteiger partial charge in [0.2, 0.25) is 11.8 Å². The maximum absolute atomic E-state index is 12.4. The number of nitrogens with one attached hydrogen (secondary N) is 2. The smallest absolute Gasteiger partial charge is 0.228 e. The molecular weight excluding hydrogens is 390 g/mol. The van der Waals surface area contributed by atoms with E-state index < -0.39 is 0 Å². The molecule has 2 N–H and O–H groups in total. The summed E-state index contributed by atoms with van der Waals surface area (Å²) in [7, 11) is 0. The Bertz CT molecular complexity index is 892. The van der Waals surface area contributed by atoms with Gasteiger partial charge in [0.1, 0.15) is 0 Å². The Labute approximate surface area is 164 Å². The molecule has 0 spiro atoms. The molecule has 3 aromatic rings. The zero-order chi connectivity index (χ0) is 18.5. The minimum Gasteiger partial charge on any atom is -0.348 e. The highest BCUT2D eigenvalue weighted by molar-refractivity contribution is 7.14. The van der Waals surface area contributed by atoms with Crippen molar-refractivity contribution in [3.63, 3.8) is 0 Å². The SMILES string of the molecule is CC(=O)NC(CC(=O)Nc1nc(-c2ccc(Cl)cc2)cs1)c1cccs1. The number of hydrogen-bond acceptors (Lipinski definition) is 5. The van der Waals surface area contributed by atoms with E-state index in [1.54, 1.807) is 12.1 Å². The number of amides is 2. The summed E-state index contributed by atoms with van der Waals surface area (Å²) >= 11 is 8.76. The third-order valence-corrected chi connectivity index (χ3v) is 5.54. The summed E-state index contributed by atoms with van der Waals surface area (Å²) < 4.78 is 0. The highest BCUT2D eigenvalue weighted by Gasteiger charge is 2.19. The molecule has 2 amide bonds. The van der Waals surface area contributed by atoms with Crippen LogP contribution < -0.4 is 10.6 Å². The largest absolute Gasteiger partial charge is 0.348 e. The van der Waals surface area contributed by atoms with Crippen molar-refractivity contribution in [2.75, 3.05) is 5.32 Å². The van der Waals surface area contributed by atoms with Gasteiger partial charge in [-0.25, -0.2) is 4.98 Å². The zero-order valence-corrected chi connectivity index (χ0v) is 16.3. The summed E-state index contributed by atoms with van der Waals surface area (Å²) in [4.78, 5) is 29.2. The van der Waals surface area contributed by atoms with Gasteiger partial charge < -0.3 is 10.6 Å². The molecule has 1 aromatic carbocycles. The number of rotatable bonds is 6.